The Balaban J connectivity index is 1.48. The quantitative estimate of drug-likeness (QED) is 0.618. The van der Waals surface area contributed by atoms with Crippen LogP contribution in [0.25, 0.3) is 11.5 Å². The molecule has 0 spiro atoms. The van der Waals surface area contributed by atoms with Gasteiger partial charge in [0.25, 0.3) is 0 Å². The normalized spacial score (nSPS) is 14.1. The van der Waals surface area contributed by atoms with Crippen molar-refractivity contribution in [3.8, 4) is 28.7 Å². The van der Waals surface area contributed by atoms with E-state index < -0.39 is 0 Å². The maximum Gasteiger partial charge on any atom is 0.247 e. The lowest BCUT2D eigenvalue weighted by molar-refractivity contribution is 0.171. The van der Waals surface area contributed by atoms with E-state index in [1.165, 1.54) is 0 Å². The molecule has 4 rings (SSSR count). The summed E-state index contributed by atoms with van der Waals surface area (Å²) >= 11 is 1.63. The lowest BCUT2D eigenvalue weighted by Gasteiger charge is -2.19. The highest BCUT2D eigenvalue weighted by atomic mass is 32.2. The maximum absolute atomic E-state index is 5.85. The van der Waals surface area contributed by atoms with Gasteiger partial charge in [-0.1, -0.05) is 0 Å². The van der Waals surface area contributed by atoms with Crippen molar-refractivity contribution < 1.29 is 18.6 Å². The van der Waals surface area contributed by atoms with Crippen LogP contribution in [0.15, 0.2) is 51.8 Å². The van der Waals surface area contributed by atoms with Crippen LogP contribution in [0.1, 0.15) is 18.1 Å². The number of ether oxygens (including phenoxy) is 3. The van der Waals surface area contributed by atoms with Crippen LogP contribution in [0.4, 0.5) is 0 Å². The summed E-state index contributed by atoms with van der Waals surface area (Å²) in [5, 5.41) is 8.36. The van der Waals surface area contributed by atoms with Crippen LogP contribution in [0, 0.1) is 0 Å². The Morgan fingerprint density at radius 1 is 1.00 bits per heavy atom. The SMILES string of the molecule is COc1ccc(-c2nnc([C@@H](C)Sc3ccc4c(c3)OCCO4)o2)cc1. The predicted octanol–water partition coefficient (Wildman–Crippen LogP) is 4.37. The monoisotopic (exact) mass is 370 g/mol. The zero-order valence-corrected chi connectivity index (χ0v) is 15.3. The Labute approximate surface area is 155 Å². The van der Waals surface area contributed by atoms with Crippen LogP contribution in [0.2, 0.25) is 0 Å². The average molecular weight is 370 g/mol. The summed E-state index contributed by atoms with van der Waals surface area (Å²) in [4.78, 5) is 1.06. The van der Waals surface area contributed by atoms with E-state index in [0.29, 0.717) is 25.0 Å². The highest BCUT2D eigenvalue weighted by molar-refractivity contribution is 7.99. The molecule has 0 fully saturated rings. The van der Waals surface area contributed by atoms with Crippen molar-refractivity contribution in [2.45, 2.75) is 17.1 Å². The molecule has 0 unspecified atom stereocenters. The van der Waals surface area contributed by atoms with Crippen LogP contribution < -0.4 is 14.2 Å². The first-order chi connectivity index (χ1) is 12.7. The minimum Gasteiger partial charge on any atom is -0.497 e. The Kier molecular flexibility index (Phi) is 4.71. The fraction of sp³-hybridized carbons (Fsp3) is 0.263. The van der Waals surface area contributed by atoms with Crippen LogP contribution in [0.5, 0.6) is 17.2 Å². The van der Waals surface area contributed by atoms with Crippen molar-refractivity contribution in [1.29, 1.82) is 0 Å². The van der Waals surface area contributed by atoms with Gasteiger partial charge in [0.05, 0.1) is 12.4 Å². The number of nitrogens with zero attached hydrogens (tertiary/aromatic N) is 2. The highest BCUT2D eigenvalue weighted by Crippen LogP contribution is 2.40. The van der Waals surface area contributed by atoms with Crippen molar-refractivity contribution in [2.75, 3.05) is 20.3 Å². The molecule has 0 aliphatic carbocycles. The van der Waals surface area contributed by atoms with E-state index in [1.54, 1.807) is 18.9 Å². The predicted molar refractivity (Wildman–Crippen MR) is 98.0 cm³/mol. The van der Waals surface area contributed by atoms with Crippen LogP contribution >= 0.6 is 11.8 Å². The summed E-state index contributed by atoms with van der Waals surface area (Å²) in [5.74, 6) is 3.43. The number of methoxy groups -OCH3 is 1. The van der Waals surface area contributed by atoms with Crippen molar-refractivity contribution in [3.63, 3.8) is 0 Å². The molecule has 6 nitrogen and oxygen atoms in total. The second kappa shape index (κ2) is 7.29. The van der Waals surface area contributed by atoms with Gasteiger partial charge < -0.3 is 18.6 Å². The van der Waals surface area contributed by atoms with Crippen molar-refractivity contribution in [2.24, 2.45) is 0 Å². The van der Waals surface area contributed by atoms with Gasteiger partial charge in [-0.15, -0.1) is 22.0 Å². The molecule has 1 aliphatic rings. The lowest BCUT2D eigenvalue weighted by Crippen LogP contribution is -2.15. The molecule has 2 aromatic carbocycles. The van der Waals surface area contributed by atoms with Gasteiger partial charge in [-0.2, -0.15) is 0 Å². The molecule has 1 aromatic heterocycles. The smallest absolute Gasteiger partial charge is 0.247 e. The van der Waals surface area contributed by atoms with Crippen LogP contribution in [-0.2, 0) is 0 Å². The molecule has 0 saturated heterocycles. The zero-order chi connectivity index (χ0) is 17.9. The van der Waals surface area contributed by atoms with Gasteiger partial charge in [0, 0.05) is 10.5 Å². The molecule has 0 saturated carbocycles. The molecule has 134 valence electrons. The molecule has 26 heavy (non-hydrogen) atoms. The molecule has 0 radical (unpaired) electrons. The van der Waals surface area contributed by atoms with Gasteiger partial charge in [0.2, 0.25) is 11.8 Å². The Morgan fingerprint density at radius 2 is 1.77 bits per heavy atom. The largest absolute Gasteiger partial charge is 0.497 e. The van der Waals surface area contributed by atoms with Crippen LogP contribution in [0.3, 0.4) is 0 Å². The number of thioether (sulfide) groups is 1. The van der Waals surface area contributed by atoms with E-state index in [-0.39, 0.29) is 5.25 Å². The lowest BCUT2D eigenvalue weighted by atomic mass is 10.2. The third kappa shape index (κ3) is 3.48. The number of fused-ring (bicyclic) bond motifs is 1. The number of benzene rings is 2. The molecule has 0 N–H and O–H groups in total. The van der Waals surface area contributed by atoms with Gasteiger partial charge in [-0.25, -0.2) is 0 Å². The van der Waals surface area contributed by atoms with E-state index in [9.17, 15) is 0 Å². The Morgan fingerprint density at radius 3 is 2.54 bits per heavy atom. The van der Waals surface area contributed by atoms with E-state index in [4.69, 9.17) is 18.6 Å². The number of hydrogen-bond donors (Lipinski definition) is 0. The van der Waals surface area contributed by atoms with Crippen LogP contribution in [-0.4, -0.2) is 30.5 Å². The first-order valence-corrected chi connectivity index (χ1v) is 9.15. The number of rotatable bonds is 5. The minimum atomic E-state index is 0.0112. The Hall–Kier alpha value is -2.67. The minimum absolute atomic E-state index is 0.0112. The molecular weight excluding hydrogens is 352 g/mol. The fourth-order valence-corrected chi connectivity index (χ4v) is 3.53. The third-order valence-electron chi connectivity index (χ3n) is 3.95. The highest BCUT2D eigenvalue weighted by Gasteiger charge is 2.18. The third-order valence-corrected chi connectivity index (χ3v) is 5.03. The Bertz CT molecular complexity index is 895. The molecule has 1 atom stereocenters. The van der Waals surface area contributed by atoms with Gasteiger partial charge in [-0.3, -0.25) is 0 Å². The second-order valence-electron chi connectivity index (χ2n) is 5.74. The molecular formula is C19H18N2O4S. The molecule has 2 heterocycles. The molecule has 7 heteroatoms. The topological polar surface area (TPSA) is 66.6 Å². The summed E-state index contributed by atoms with van der Waals surface area (Å²) in [7, 11) is 1.64. The van der Waals surface area contributed by atoms with Gasteiger partial charge in [-0.05, 0) is 49.4 Å². The van der Waals surface area contributed by atoms with E-state index >= 15 is 0 Å². The second-order valence-corrected chi connectivity index (χ2v) is 7.15. The fourth-order valence-electron chi connectivity index (χ4n) is 2.60. The van der Waals surface area contributed by atoms with Crippen molar-refractivity contribution in [3.05, 3.63) is 48.4 Å². The number of aromatic nitrogens is 2. The summed E-state index contributed by atoms with van der Waals surface area (Å²) < 4.78 is 22.2. The molecule has 0 amide bonds. The van der Waals surface area contributed by atoms with E-state index in [1.807, 2.05) is 49.4 Å². The van der Waals surface area contributed by atoms with Crippen molar-refractivity contribution in [1.82, 2.24) is 10.2 Å². The molecule has 1 aliphatic heterocycles. The maximum atomic E-state index is 5.85. The molecule has 3 aromatic rings. The van der Waals surface area contributed by atoms with Gasteiger partial charge >= 0.3 is 0 Å². The summed E-state index contributed by atoms with van der Waals surface area (Å²) in [6.07, 6.45) is 0. The van der Waals surface area contributed by atoms with E-state index in [0.717, 1.165) is 27.7 Å². The zero-order valence-electron chi connectivity index (χ0n) is 14.5. The molecule has 0 bridgehead atoms. The van der Waals surface area contributed by atoms with Gasteiger partial charge in [0.1, 0.15) is 19.0 Å². The summed E-state index contributed by atoms with van der Waals surface area (Å²) in [6, 6.07) is 13.5. The van der Waals surface area contributed by atoms with E-state index in [2.05, 4.69) is 10.2 Å². The average Bonchev–Trinajstić information content (AvgIpc) is 3.18. The first kappa shape index (κ1) is 16.8. The summed E-state index contributed by atoms with van der Waals surface area (Å²) in [6.45, 7) is 3.20. The first-order valence-electron chi connectivity index (χ1n) is 8.27. The van der Waals surface area contributed by atoms with Crippen molar-refractivity contribution >= 4 is 11.8 Å². The summed E-state index contributed by atoms with van der Waals surface area (Å²) in [5.41, 5.74) is 0.862. The standard InChI is InChI=1S/C19H18N2O4S/c1-12(26-15-7-8-16-17(11-15)24-10-9-23-16)18-20-21-19(25-18)13-3-5-14(22-2)6-4-13/h3-8,11-12H,9-10H2,1-2H3/t12-/m1/s1. The van der Waals surface area contributed by atoms with Gasteiger partial charge in [0.15, 0.2) is 11.5 Å². The number of hydrogen-bond acceptors (Lipinski definition) is 7.